The number of thiazole rings is 1. The first-order valence-electron chi connectivity index (χ1n) is 8.53. The molecule has 1 aromatic carbocycles. The SMILES string of the molecule is COc1ccc(OC)c(S(=O)(=O)N2CCC(c3nc(C)c(C)s3)CC2)c1. The molecule has 1 fully saturated rings. The molecule has 0 spiro atoms. The van der Waals surface area contributed by atoms with Gasteiger partial charge in [-0.15, -0.1) is 11.3 Å². The molecule has 142 valence electrons. The molecule has 2 heterocycles. The quantitative estimate of drug-likeness (QED) is 0.775. The fraction of sp³-hybridized carbons (Fsp3) is 0.500. The van der Waals surface area contributed by atoms with Crippen molar-refractivity contribution in [3.05, 3.63) is 33.8 Å². The van der Waals surface area contributed by atoms with E-state index in [0.29, 0.717) is 30.5 Å². The topological polar surface area (TPSA) is 68.7 Å². The van der Waals surface area contributed by atoms with E-state index in [9.17, 15) is 8.42 Å². The van der Waals surface area contributed by atoms with E-state index in [-0.39, 0.29) is 4.90 Å². The van der Waals surface area contributed by atoms with Gasteiger partial charge in [0.2, 0.25) is 10.0 Å². The summed E-state index contributed by atoms with van der Waals surface area (Å²) in [6.45, 7) is 5.05. The Bertz CT molecular complexity index is 865. The molecule has 6 nitrogen and oxygen atoms in total. The summed E-state index contributed by atoms with van der Waals surface area (Å²) in [4.78, 5) is 6.03. The molecule has 0 unspecified atom stereocenters. The number of aromatic nitrogens is 1. The van der Waals surface area contributed by atoms with Crippen molar-refractivity contribution in [2.24, 2.45) is 0 Å². The van der Waals surface area contributed by atoms with Crippen molar-refractivity contribution in [1.82, 2.24) is 9.29 Å². The molecule has 0 saturated carbocycles. The van der Waals surface area contributed by atoms with Gasteiger partial charge < -0.3 is 9.47 Å². The lowest BCUT2D eigenvalue weighted by Gasteiger charge is -2.30. The number of methoxy groups -OCH3 is 2. The Balaban J connectivity index is 1.80. The van der Waals surface area contributed by atoms with Crippen LogP contribution in [0.25, 0.3) is 0 Å². The van der Waals surface area contributed by atoms with Crippen molar-refractivity contribution in [2.75, 3.05) is 27.3 Å². The molecule has 1 aromatic heterocycles. The Morgan fingerprint density at radius 3 is 2.38 bits per heavy atom. The number of aryl methyl sites for hydroxylation is 2. The first-order valence-corrected chi connectivity index (χ1v) is 10.8. The summed E-state index contributed by atoms with van der Waals surface area (Å²) in [6, 6.07) is 4.84. The van der Waals surface area contributed by atoms with Crippen LogP contribution in [-0.2, 0) is 10.0 Å². The Morgan fingerprint density at radius 1 is 1.15 bits per heavy atom. The molecule has 1 saturated heterocycles. The van der Waals surface area contributed by atoms with Gasteiger partial charge in [-0.3, -0.25) is 0 Å². The van der Waals surface area contributed by atoms with E-state index in [1.807, 2.05) is 6.92 Å². The van der Waals surface area contributed by atoms with E-state index in [1.165, 1.54) is 29.5 Å². The van der Waals surface area contributed by atoms with E-state index in [1.54, 1.807) is 23.5 Å². The molecule has 0 aliphatic carbocycles. The number of rotatable bonds is 5. The van der Waals surface area contributed by atoms with Gasteiger partial charge in [-0.25, -0.2) is 13.4 Å². The molecule has 1 aliphatic rings. The van der Waals surface area contributed by atoms with E-state index in [4.69, 9.17) is 9.47 Å². The molecule has 0 N–H and O–H groups in total. The lowest BCUT2D eigenvalue weighted by molar-refractivity contribution is 0.316. The van der Waals surface area contributed by atoms with Crippen LogP contribution in [0.15, 0.2) is 23.1 Å². The normalized spacial score (nSPS) is 16.6. The lowest BCUT2D eigenvalue weighted by Crippen LogP contribution is -2.38. The van der Waals surface area contributed by atoms with Gasteiger partial charge in [0.1, 0.15) is 16.4 Å². The van der Waals surface area contributed by atoms with Gasteiger partial charge in [0.15, 0.2) is 0 Å². The van der Waals surface area contributed by atoms with Crippen LogP contribution in [0.2, 0.25) is 0 Å². The molecular weight excluding hydrogens is 372 g/mol. The van der Waals surface area contributed by atoms with Crippen LogP contribution in [0, 0.1) is 13.8 Å². The van der Waals surface area contributed by atoms with Crippen LogP contribution in [0.4, 0.5) is 0 Å². The molecule has 2 aromatic rings. The van der Waals surface area contributed by atoms with Crippen LogP contribution in [0.1, 0.15) is 34.3 Å². The molecule has 0 bridgehead atoms. The zero-order valence-electron chi connectivity index (χ0n) is 15.5. The highest BCUT2D eigenvalue weighted by molar-refractivity contribution is 7.89. The van der Waals surface area contributed by atoms with E-state index in [0.717, 1.165) is 23.5 Å². The second kappa shape index (κ2) is 7.54. The molecule has 0 amide bonds. The fourth-order valence-corrected chi connectivity index (χ4v) is 5.87. The highest BCUT2D eigenvalue weighted by Gasteiger charge is 2.33. The summed E-state index contributed by atoms with van der Waals surface area (Å²) in [7, 11) is -0.647. The minimum absolute atomic E-state index is 0.152. The van der Waals surface area contributed by atoms with Gasteiger partial charge in [-0.1, -0.05) is 0 Å². The second-order valence-electron chi connectivity index (χ2n) is 6.39. The third kappa shape index (κ3) is 3.58. The summed E-state index contributed by atoms with van der Waals surface area (Å²) in [5.41, 5.74) is 1.07. The predicted octanol–water partition coefficient (Wildman–Crippen LogP) is 3.35. The van der Waals surface area contributed by atoms with Gasteiger partial charge in [-0.2, -0.15) is 4.31 Å². The van der Waals surface area contributed by atoms with E-state index >= 15 is 0 Å². The summed E-state index contributed by atoms with van der Waals surface area (Å²) in [5, 5.41) is 1.12. The number of sulfonamides is 1. The number of hydrogen-bond donors (Lipinski definition) is 0. The molecule has 8 heteroatoms. The highest BCUT2D eigenvalue weighted by Crippen LogP contribution is 2.36. The maximum atomic E-state index is 13.1. The minimum atomic E-state index is -3.63. The number of nitrogens with zero attached hydrogens (tertiary/aromatic N) is 2. The molecule has 0 atom stereocenters. The Morgan fingerprint density at radius 2 is 1.85 bits per heavy atom. The van der Waals surface area contributed by atoms with Crippen molar-refractivity contribution in [1.29, 1.82) is 0 Å². The number of benzene rings is 1. The van der Waals surface area contributed by atoms with E-state index < -0.39 is 10.0 Å². The van der Waals surface area contributed by atoms with Crippen molar-refractivity contribution >= 4 is 21.4 Å². The maximum Gasteiger partial charge on any atom is 0.246 e. The number of ether oxygens (including phenoxy) is 2. The average Bonchev–Trinajstić information content (AvgIpc) is 3.00. The van der Waals surface area contributed by atoms with Crippen LogP contribution in [-0.4, -0.2) is 45.0 Å². The smallest absolute Gasteiger partial charge is 0.246 e. The summed E-state index contributed by atoms with van der Waals surface area (Å²) < 4.78 is 38.2. The van der Waals surface area contributed by atoms with Crippen molar-refractivity contribution in [3.63, 3.8) is 0 Å². The third-order valence-electron chi connectivity index (χ3n) is 4.84. The first kappa shape index (κ1) is 19.1. The minimum Gasteiger partial charge on any atom is -0.497 e. The fourth-order valence-electron chi connectivity index (χ4n) is 3.14. The summed E-state index contributed by atoms with van der Waals surface area (Å²) in [5.74, 6) is 1.15. The van der Waals surface area contributed by atoms with Crippen molar-refractivity contribution < 1.29 is 17.9 Å². The molecular formula is C18H24N2O4S2. The van der Waals surface area contributed by atoms with Crippen molar-refractivity contribution in [3.8, 4) is 11.5 Å². The van der Waals surface area contributed by atoms with Gasteiger partial charge in [-0.05, 0) is 38.8 Å². The van der Waals surface area contributed by atoms with Gasteiger partial charge in [0.25, 0.3) is 0 Å². The Labute approximate surface area is 158 Å². The zero-order chi connectivity index (χ0) is 18.9. The second-order valence-corrected chi connectivity index (χ2v) is 9.53. The number of piperidine rings is 1. The third-order valence-corrected chi connectivity index (χ3v) is 7.99. The lowest BCUT2D eigenvalue weighted by atomic mass is 9.99. The molecule has 1 aliphatic heterocycles. The largest absolute Gasteiger partial charge is 0.497 e. The monoisotopic (exact) mass is 396 g/mol. The standard InChI is InChI=1S/C18H24N2O4S2/c1-12-13(2)25-18(19-12)14-7-9-20(10-8-14)26(21,22)17-11-15(23-3)5-6-16(17)24-4/h5-6,11,14H,7-10H2,1-4H3. The zero-order valence-corrected chi connectivity index (χ0v) is 17.1. The molecule has 0 radical (unpaired) electrons. The van der Waals surface area contributed by atoms with Gasteiger partial charge >= 0.3 is 0 Å². The first-order chi connectivity index (χ1) is 12.4. The van der Waals surface area contributed by atoms with Gasteiger partial charge in [0, 0.05) is 30.0 Å². The Kier molecular flexibility index (Phi) is 5.55. The van der Waals surface area contributed by atoms with Crippen LogP contribution in [0.5, 0.6) is 11.5 Å². The maximum absolute atomic E-state index is 13.1. The van der Waals surface area contributed by atoms with Gasteiger partial charge in [0.05, 0.1) is 24.9 Å². The van der Waals surface area contributed by atoms with Crippen LogP contribution < -0.4 is 9.47 Å². The van der Waals surface area contributed by atoms with Crippen molar-refractivity contribution in [2.45, 2.75) is 37.5 Å². The summed E-state index contributed by atoms with van der Waals surface area (Å²) in [6.07, 6.45) is 1.55. The highest BCUT2D eigenvalue weighted by atomic mass is 32.2. The summed E-state index contributed by atoms with van der Waals surface area (Å²) >= 11 is 1.72. The van der Waals surface area contributed by atoms with Crippen LogP contribution >= 0.6 is 11.3 Å². The van der Waals surface area contributed by atoms with Crippen LogP contribution in [0.3, 0.4) is 0 Å². The Hall–Kier alpha value is -1.64. The predicted molar refractivity (Wildman–Crippen MR) is 102 cm³/mol. The average molecular weight is 397 g/mol. The number of hydrogen-bond acceptors (Lipinski definition) is 6. The molecule has 3 rings (SSSR count). The van der Waals surface area contributed by atoms with E-state index in [2.05, 4.69) is 11.9 Å². The molecule has 26 heavy (non-hydrogen) atoms.